The van der Waals surface area contributed by atoms with Crippen LogP contribution in [0.2, 0.25) is 0 Å². The smallest absolute Gasteiger partial charge is 0.404 e. The van der Waals surface area contributed by atoms with E-state index in [1.54, 1.807) is 6.07 Å². The predicted octanol–water partition coefficient (Wildman–Crippen LogP) is 4.95. The number of halogens is 5. The molecule has 0 aliphatic carbocycles. The van der Waals surface area contributed by atoms with E-state index in [0.29, 0.717) is 6.54 Å². The van der Waals surface area contributed by atoms with E-state index in [1.807, 2.05) is 12.1 Å². The fourth-order valence-electron chi connectivity index (χ4n) is 1.56. The Morgan fingerprint density at radius 1 is 1.26 bits per heavy atom. The highest BCUT2D eigenvalue weighted by Crippen LogP contribution is 2.29. The van der Waals surface area contributed by atoms with Gasteiger partial charge in [0.25, 0.3) is 0 Å². The fourth-order valence-corrected chi connectivity index (χ4v) is 2.97. The van der Waals surface area contributed by atoms with Gasteiger partial charge in [0.2, 0.25) is 0 Å². The van der Waals surface area contributed by atoms with Crippen molar-refractivity contribution in [3.63, 3.8) is 0 Å². The number of para-hydroxylation sites is 2. The third-order valence-corrected chi connectivity index (χ3v) is 4.02. The summed E-state index contributed by atoms with van der Waals surface area (Å²) in [5, 5.41) is 2.61. The first-order chi connectivity index (χ1) is 10.3. The molecule has 0 aliphatic heterocycles. The standard InChI is InChI=1S/C13H11BrF3N3OS.HI/c14-11-6-5-8(22-11)7-19-12(18)20-9-3-1-2-4-10(9)21-13(15,16)17;/h1-6H,7H2,(H3,18,19,20);1H. The lowest BCUT2D eigenvalue weighted by atomic mass is 10.3. The number of nitrogens with zero attached hydrogens (tertiary/aromatic N) is 1. The molecule has 1 aromatic heterocycles. The Balaban J connectivity index is 0.00000264. The molecule has 0 unspecified atom stereocenters. The number of anilines is 1. The second kappa shape index (κ2) is 8.73. The van der Waals surface area contributed by atoms with Gasteiger partial charge >= 0.3 is 6.36 Å². The molecule has 0 amide bonds. The van der Waals surface area contributed by atoms with Gasteiger partial charge in [-0.05, 0) is 40.2 Å². The van der Waals surface area contributed by atoms with Crippen LogP contribution in [0.4, 0.5) is 18.9 Å². The molecule has 1 heterocycles. The van der Waals surface area contributed by atoms with Crippen LogP contribution < -0.4 is 15.8 Å². The summed E-state index contributed by atoms with van der Waals surface area (Å²) in [5.74, 6) is -0.366. The van der Waals surface area contributed by atoms with Crippen LogP contribution in [0.5, 0.6) is 5.75 Å². The van der Waals surface area contributed by atoms with E-state index >= 15 is 0 Å². The Morgan fingerprint density at radius 2 is 1.96 bits per heavy atom. The van der Waals surface area contributed by atoms with Gasteiger partial charge in [-0.1, -0.05) is 12.1 Å². The SMILES string of the molecule is I.NC(=NCc1ccc(Br)s1)Nc1ccccc1OC(F)(F)F. The van der Waals surface area contributed by atoms with Gasteiger partial charge in [0.15, 0.2) is 11.7 Å². The lowest BCUT2D eigenvalue weighted by Gasteiger charge is -2.14. The number of benzene rings is 1. The first-order valence-electron chi connectivity index (χ1n) is 5.99. The summed E-state index contributed by atoms with van der Waals surface area (Å²) in [6.07, 6.45) is -4.77. The number of hydrogen-bond acceptors (Lipinski definition) is 3. The van der Waals surface area contributed by atoms with Gasteiger partial charge < -0.3 is 15.8 Å². The molecule has 2 aromatic rings. The van der Waals surface area contributed by atoms with E-state index in [4.69, 9.17) is 5.73 Å². The summed E-state index contributed by atoms with van der Waals surface area (Å²) in [7, 11) is 0. The van der Waals surface area contributed by atoms with Crippen LogP contribution in [0.25, 0.3) is 0 Å². The van der Waals surface area contributed by atoms with Crippen molar-refractivity contribution in [3.05, 3.63) is 45.1 Å². The molecule has 0 saturated carbocycles. The molecule has 0 aliphatic rings. The van der Waals surface area contributed by atoms with Gasteiger partial charge in [0, 0.05) is 4.88 Å². The Kier molecular flexibility index (Phi) is 7.61. The fraction of sp³-hybridized carbons (Fsp3) is 0.154. The minimum Gasteiger partial charge on any atom is -0.404 e. The van der Waals surface area contributed by atoms with Crippen LogP contribution >= 0.6 is 51.2 Å². The molecule has 0 atom stereocenters. The summed E-state index contributed by atoms with van der Waals surface area (Å²) in [5.41, 5.74) is 5.78. The summed E-state index contributed by atoms with van der Waals surface area (Å²) in [4.78, 5) is 5.05. The molecule has 126 valence electrons. The van der Waals surface area contributed by atoms with Gasteiger partial charge in [-0.3, -0.25) is 0 Å². The molecule has 0 saturated heterocycles. The molecule has 4 nitrogen and oxygen atoms in total. The van der Waals surface area contributed by atoms with Crippen molar-refractivity contribution in [2.75, 3.05) is 5.32 Å². The molecule has 3 N–H and O–H groups in total. The molecule has 0 spiro atoms. The van der Waals surface area contributed by atoms with Crippen LogP contribution in [0, 0.1) is 0 Å². The van der Waals surface area contributed by atoms with Crippen LogP contribution in [-0.4, -0.2) is 12.3 Å². The maximum atomic E-state index is 12.3. The average Bonchev–Trinajstić information content (AvgIpc) is 2.83. The number of guanidine groups is 1. The van der Waals surface area contributed by atoms with E-state index < -0.39 is 6.36 Å². The number of nitrogens with two attached hydrogens (primary N) is 1. The molecule has 0 fully saturated rings. The molecule has 1 aromatic carbocycles. The molecular formula is C13H12BrF3IN3OS. The first kappa shape index (κ1) is 20.0. The minimum atomic E-state index is -4.77. The summed E-state index contributed by atoms with van der Waals surface area (Å²) >= 11 is 4.83. The molecular weight excluding hydrogens is 510 g/mol. The van der Waals surface area contributed by atoms with Gasteiger partial charge in [-0.25, -0.2) is 4.99 Å². The minimum absolute atomic E-state index is 0. The third-order valence-electron chi connectivity index (χ3n) is 2.41. The maximum Gasteiger partial charge on any atom is 0.573 e. The van der Waals surface area contributed by atoms with Gasteiger partial charge in [0.1, 0.15) is 0 Å². The number of alkyl halides is 3. The van der Waals surface area contributed by atoms with Crippen molar-refractivity contribution in [2.24, 2.45) is 10.7 Å². The van der Waals surface area contributed by atoms with E-state index in [0.717, 1.165) is 8.66 Å². The number of hydrogen-bond donors (Lipinski definition) is 2. The molecule has 0 radical (unpaired) electrons. The lowest BCUT2D eigenvalue weighted by molar-refractivity contribution is -0.274. The normalized spacial score (nSPS) is 11.7. The zero-order valence-electron chi connectivity index (χ0n) is 11.4. The second-order valence-electron chi connectivity index (χ2n) is 4.08. The van der Waals surface area contributed by atoms with Gasteiger partial charge in [-0.2, -0.15) is 0 Å². The Morgan fingerprint density at radius 3 is 2.57 bits per heavy atom. The Hall–Kier alpha value is -1.01. The Labute approximate surface area is 160 Å². The van der Waals surface area contributed by atoms with Gasteiger partial charge in [-0.15, -0.1) is 48.5 Å². The predicted molar refractivity (Wildman–Crippen MR) is 99.5 cm³/mol. The number of rotatable bonds is 4. The van der Waals surface area contributed by atoms with Crippen molar-refractivity contribution >= 4 is 62.9 Å². The van der Waals surface area contributed by atoms with Crippen LogP contribution in [0.3, 0.4) is 0 Å². The first-order valence-corrected chi connectivity index (χ1v) is 7.60. The molecule has 2 rings (SSSR count). The van der Waals surface area contributed by atoms with Crippen molar-refractivity contribution in [1.82, 2.24) is 0 Å². The number of thiophene rings is 1. The lowest BCUT2D eigenvalue weighted by Crippen LogP contribution is -2.24. The van der Waals surface area contributed by atoms with E-state index in [1.165, 1.54) is 29.5 Å². The number of aliphatic imine (C=N–C) groups is 1. The highest BCUT2D eigenvalue weighted by molar-refractivity contribution is 14.0. The van der Waals surface area contributed by atoms with Crippen molar-refractivity contribution in [1.29, 1.82) is 0 Å². The zero-order valence-corrected chi connectivity index (χ0v) is 16.2. The summed E-state index contributed by atoms with van der Waals surface area (Å²) in [6.45, 7) is 0.331. The monoisotopic (exact) mass is 521 g/mol. The van der Waals surface area contributed by atoms with Crippen molar-refractivity contribution < 1.29 is 17.9 Å². The summed E-state index contributed by atoms with van der Waals surface area (Å²) in [6, 6.07) is 9.38. The highest BCUT2D eigenvalue weighted by atomic mass is 127. The number of ether oxygens (including phenoxy) is 1. The molecule has 0 bridgehead atoms. The van der Waals surface area contributed by atoms with Crippen LogP contribution in [0.15, 0.2) is 45.2 Å². The average molecular weight is 522 g/mol. The largest absolute Gasteiger partial charge is 0.573 e. The van der Waals surface area contributed by atoms with E-state index in [2.05, 4.69) is 31.0 Å². The summed E-state index contributed by atoms with van der Waals surface area (Å²) < 4.78 is 41.8. The second-order valence-corrected chi connectivity index (χ2v) is 6.62. The molecule has 23 heavy (non-hydrogen) atoms. The third kappa shape index (κ3) is 6.96. The van der Waals surface area contributed by atoms with Crippen molar-refractivity contribution in [2.45, 2.75) is 12.9 Å². The van der Waals surface area contributed by atoms with E-state index in [9.17, 15) is 13.2 Å². The van der Waals surface area contributed by atoms with E-state index in [-0.39, 0.29) is 41.4 Å². The molecule has 10 heteroatoms. The Bertz CT molecular complexity index is 678. The van der Waals surface area contributed by atoms with Crippen LogP contribution in [0.1, 0.15) is 4.88 Å². The number of nitrogens with one attached hydrogen (secondary N) is 1. The quantitative estimate of drug-likeness (QED) is 0.340. The van der Waals surface area contributed by atoms with Gasteiger partial charge in [0.05, 0.1) is 16.0 Å². The topological polar surface area (TPSA) is 59.6 Å². The van der Waals surface area contributed by atoms with Crippen LogP contribution in [-0.2, 0) is 6.54 Å². The highest BCUT2D eigenvalue weighted by Gasteiger charge is 2.32. The van der Waals surface area contributed by atoms with Crippen molar-refractivity contribution in [3.8, 4) is 5.75 Å². The zero-order chi connectivity index (χ0) is 16.2. The maximum absolute atomic E-state index is 12.3.